The third-order valence-corrected chi connectivity index (χ3v) is 8.27. The summed E-state index contributed by atoms with van der Waals surface area (Å²) in [7, 11) is -0.460. The maximum absolute atomic E-state index is 14.2. The van der Waals surface area contributed by atoms with Crippen molar-refractivity contribution in [2.24, 2.45) is 0 Å². The fourth-order valence-corrected chi connectivity index (χ4v) is 6.50. The van der Waals surface area contributed by atoms with Gasteiger partial charge in [-0.25, -0.2) is 8.42 Å². The third kappa shape index (κ3) is 4.17. The molecular weight excluding hydrogens is 503 g/mol. The van der Waals surface area contributed by atoms with Gasteiger partial charge in [0.15, 0.2) is 21.3 Å². The van der Waals surface area contributed by atoms with Crippen LogP contribution in [0.3, 0.4) is 0 Å². The van der Waals surface area contributed by atoms with E-state index in [1.54, 1.807) is 4.90 Å². The molecule has 3 aromatic rings. The van der Waals surface area contributed by atoms with Crippen molar-refractivity contribution >= 4 is 20.8 Å². The predicted octanol–water partition coefficient (Wildman–Crippen LogP) is 3.84. The van der Waals surface area contributed by atoms with Gasteiger partial charge in [-0.05, 0) is 36.2 Å². The Morgan fingerprint density at radius 2 is 1.83 bits per heavy atom. The van der Waals surface area contributed by atoms with E-state index in [2.05, 4.69) is 0 Å². The molecule has 2 aromatic carbocycles. The van der Waals surface area contributed by atoms with Crippen molar-refractivity contribution in [2.75, 3.05) is 32.5 Å². The van der Waals surface area contributed by atoms with Gasteiger partial charge in [0, 0.05) is 12.6 Å². The first kappa shape index (κ1) is 24.4. The van der Waals surface area contributed by atoms with Crippen molar-refractivity contribution in [3.05, 3.63) is 51.9 Å². The molecule has 0 amide bonds. The minimum atomic E-state index is -4.98. The highest BCUT2D eigenvalue weighted by molar-refractivity contribution is 7.91. The molecule has 3 heterocycles. The van der Waals surface area contributed by atoms with Gasteiger partial charge in [-0.3, -0.25) is 9.69 Å². The lowest BCUT2D eigenvalue weighted by molar-refractivity contribution is -0.152. The van der Waals surface area contributed by atoms with Crippen LogP contribution in [0.5, 0.6) is 17.2 Å². The molecule has 1 fully saturated rings. The van der Waals surface area contributed by atoms with Crippen molar-refractivity contribution in [3.63, 3.8) is 0 Å². The van der Waals surface area contributed by atoms with E-state index in [0.29, 0.717) is 12.2 Å². The van der Waals surface area contributed by atoms with Crippen LogP contribution in [0.25, 0.3) is 22.1 Å². The van der Waals surface area contributed by atoms with Crippen LogP contribution in [0.15, 0.2) is 39.5 Å². The number of halogens is 3. The largest absolute Gasteiger partial charge is 0.493 e. The van der Waals surface area contributed by atoms with Gasteiger partial charge in [-0.15, -0.1) is 0 Å². The molecule has 2 aliphatic heterocycles. The monoisotopic (exact) mass is 525 g/mol. The maximum Gasteiger partial charge on any atom is 0.450 e. The van der Waals surface area contributed by atoms with E-state index in [1.807, 2.05) is 0 Å². The van der Waals surface area contributed by atoms with E-state index in [4.69, 9.17) is 18.6 Å². The van der Waals surface area contributed by atoms with Crippen LogP contribution in [0.4, 0.5) is 13.2 Å². The molecule has 1 unspecified atom stereocenters. The van der Waals surface area contributed by atoms with Gasteiger partial charge >= 0.3 is 6.18 Å². The van der Waals surface area contributed by atoms with E-state index in [9.17, 15) is 26.4 Å². The Bertz CT molecular complexity index is 1510. The molecule has 192 valence electrons. The zero-order valence-corrected chi connectivity index (χ0v) is 20.2. The molecule has 0 N–H and O–H groups in total. The maximum atomic E-state index is 14.2. The van der Waals surface area contributed by atoms with Crippen LogP contribution >= 0.6 is 0 Å². The molecule has 0 aliphatic carbocycles. The second kappa shape index (κ2) is 8.70. The van der Waals surface area contributed by atoms with Crippen molar-refractivity contribution in [1.82, 2.24) is 4.90 Å². The number of nitrogens with zero attached hydrogens (tertiary/aromatic N) is 1. The average molecular weight is 526 g/mol. The summed E-state index contributed by atoms with van der Waals surface area (Å²) in [6.45, 7) is 0.168. The molecule has 5 rings (SSSR count). The van der Waals surface area contributed by atoms with E-state index in [1.165, 1.54) is 44.6 Å². The lowest BCUT2D eigenvalue weighted by atomic mass is 9.99. The molecule has 1 aromatic heterocycles. The molecule has 0 saturated carbocycles. The Labute approximate surface area is 204 Å². The first-order valence-electron chi connectivity index (χ1n) is 11.0. The summed E-state index contributed by atoms with van der Waals surface area (Å²) in [6.07, 6.45) is -4.58. The zero-order valence-electron chi connectivity index (χ0n) is 19.3. The highest BCUT2D eigenvalue weighted by atomic mass is 32.2. The molecular formula is C24H22F3NO7S. The minimum absolute atomic E-state index is 0.0395. The fraction of sp³-hybridized carbons (Fsp3) is 0.375. The Kier molecular flexibility index (Phi) is 5.91. The Morgan fingerprint density at radius 3 is 2.47 bits per heavy atom. The van der Waals surface area contributed by atoms with Crippen LogP contribution in [-0.2, 0) is 22.6 Å². The highest BCUT2D eigenvalue weighted by Crippen LogP contribution is 2.42. The van der Waals surface area contributed by atoms with Gasteiger partial charge in [0.1, 0.15) is 18.1 Å². The highest BCUT2D eigenvalue weighted by Gasteiger charge is 2.41. The topological polar surface area (TPSA) is 95.3 Å². The standard InChI is InChI=1S/C24H22F3NO7S/c1-32-18-5-3-13(9-19(18)33-2)20-21(29)15-4-6-17-16(22(15)35-23(20)24(25,26)27)10-28(12-34-17)14-7-8-36(30,31)11-14/h3-6,9,14H,7-8,10-12H2,1-2H3. The van der Waals surface area contributed by atoms with Gasteiger partial charge in [0.25, 0.3) is 0 Å². The number of hydrogen-bond acceptors (Lipinski definition) is 8. The summed E-state index contributed by atoms with van der Waals surface area (Å²) in [6, 6.07) is 6.59. The summed E-state index contributed by atoms with van der Waals surface area (Å²) < 4.78 is 88.0. The Morgan fingerprint density at radius 1 is 1.08 bits per heavy atom. The number of rotatable bonds is 4. The summed E-state index contributed by atoms with van der Waals surface area (Å²) in [4.78, 5) is 15.2. The van der Waals surface area contributed by atoms with Crippen molar-refractivity contribution in [1.29, 1.82) is 0 Å². The third-order valence-electron chi connectivity index (χ3n) is 6.52. The number of methoxy groups -OCH3 is 2. The fourth-order valence-electron chi connectivity index (χ4n) is 4.73. The van der Waals surface area contributed by atoms with Crippen LogP contribution in [0.2, 0.25) is 0 Å². The number of ether oxygens (including phenoxy) is 3. The minimum Gasteiger partial charge on any atom is -0.493 e. The number of alkyl halides is 3. The summed E-state index contributed by atoms with van der Waals surface area (Å²) in [5.74, 6) is -0.726. The molecule has 1 atom stereocenters. The number of benzene rings is 2. The van der Waals surface area contributed by atoms with Crippen LogP contribution in [0, 0.1) is 0 Å². The van der Waals surface area contributed by atoms with Crippen molar-refractivity contribution < 1.29 is 40.2 Å². The van der Waals surface area contributed by atoms with Crippen LogP contribution in [-0.4, -0.2) is 51.8 Å². The molecule has 0 spiro atoms. The lowest BCUT2D eigenvalue weighted by Crippen LogP contribution is -2.41. The normalized spacial score (nSPS) is 19.6. The zero-order chi connectivity index (χ0) is 25.8. The van der Waals surface area contributed by atoms with Crippen molar-refractivity contribution in [2.45, 2.75) is 25.2 Å². The van der Waals surface area contributed by atoms with E-state index in [-0.39, 0.29) is 64.4 Å². The van der Waals surface area contributed by atoms with Crippen molar-refractivity contribution in [3.8, 4) is 28.4 Å². The summed E-state index contributed by atoms with van der Waals surface area (Å²) in [5.41, 5.74) is -1.52. The van der Waals surface area contributed by atoms with Gasteiger partial charge in [0.2, 0.25) is 11.2 Å². The average Bonchev–Trinajstić information content (AvgIpc) is 3.22. The summed E-state index contributed by atoms with van der Waals surface area (Å²) >= 11 is 0. The van der Waals surface area contributed by atoms with Gasteiger partial charge in [-0.1, -0.05) is 6.07 Å². The van der Waals surface area contributed by atoms with E-state index < -0.39 is 32.8 Å². The van der Waals surface area contributed by atoms with E-state index in [0.717, 1.165) is 0 Å². The molecule has 0 bridgehead atoms. The SMILES string of the molecule is COc1ccc(-c2c(C(F)(F)F)oc3c4c(ccc3c2=O)OCN(C2CCS(=O)(=O)C2)C4)cc1OC. The predicted molar refractivity (Wildman–Crippen MR) is 124 cm³/mol. The second-order valence-electron chi connectivity index (χ2n) is 8.70. The van der Waals surface area contributed by atoms with Crippen LogP contribution in [0.1, 0.15) is 17.7 Å². The number of sulfone groups is 1. The van der Waals surface area contributed by atoms with Gasteiger partial charge in [0.05, 0.1) is 42.2 Å². The number of fused-ring (bicyclic) bond motifs is 3. The molecule has 8 nitrogen and oxygen atoms in total. The number of hydrogen-bond donors (Lipinski definition) is 0. The first-order valence-corrected chi connectivity index (χ1v) is 12.8. The van der Waals surface area contributed by atoms with Gasteiger partial charge in [-0.2, -0.15) is 13.2 Å². The lowest BCUT2D eigenvalue weighted by Gasteiger charge is -2.33. The first-order chi connectivity index (χ1) is 17.0. The summed E-state index contributed by atoms with van der Waals surface area (Å²) in [5, 5.41) is -0.0453. The Balaban J connectivity index is 1.68. The molecule has 1 saturated heterocycles. The molecule has 12 heteroatoms. The second-order valence-corrected chi connectivity index (χ2v) is 10.9. The molecule has 36 heavy (non-hydrogen) atoms. The van der Waals surface area contributed by atoms with E-state index >= 15 is 0 Å². The molecule has 2 aliphatic rings. The quantitative estimate of drug-likeness (QED) is 0.507. The smallest absolute Gasteiger partial charge is 0.450 e. The van der Waals surface area contributed by atoms with Crippen LogP contribution < -0.4 is 19.6 Å². The van der Waals surface area contributed by atoms with Gasteiger partial charge < -0.3 is 18.6 Å². The molecule has 0 radical (unpaired) electrons. The Hall–Kier alpha value is -3.25.